The summed E-state index contributed by atoms with van der Waals surface area (Å²) in [6.45, 7) is 11.4. The smallest absolute Gasteiger partial charge is 0.414 e. The van der Waals surface area contributed by atoms with Crippen LogP contribution in [0.15, 0.2) is 98.1 Å². The van der Waals surface area contributed by atoms with Crippen molar-refractivity contribution in [3.63, 3.8) is 0 Å². The van der Waals surface area contributed by atoms with Crippen LogP contribution in [0.3, 0.4) is 0 Å². The zero-order chi connectivity index (χ0) is 43.6. The van der Waals surface area contributed by atoms with Gasteiger partial charge in [0, 0.05) is 12.1 Å². The standard InChI is InChI=1S/C21H24N4O6.C19H20N4O6.2CH4.FH/c1-4-10-30-16-9-7-8-15(12-16)14-24(21(26)29-6-3)17-13-18(31-11-5-2)23-20(22)19(17)25(27)28;1-2-27-19(24)22-12-13-6-5-7-14(10-13)28-8-3-4-9-29-16-11-15(22)17(23(25)26)18(20)21-16;;;/h4-5,7-9,12-13H,1-2,6,10-11,14H2,3H3,(H2,22,23);3-7,10-11H,2,8-9,12H2,1H3,(H2,20,21);2*1H4;1H/b;4-3+;;;. The first-order valence-corrected chi connectivity index (χ1v) is 18.2. The van der Waals surface area contributed by atoms with E-state index in [1.807, 2.05) is 0 Å². The number of rotatable bonds is 13. The van der Waals surface area contributed by atoms with Gasteiger partial charge in [-0.05, 0) is 61.4 Å². The number of nitrogens with two attached hydrogens (primary N) is 2. The number of fused-ring (bicyclic) bond motifs is 4. The molecule has 1 aliphatic rings. The third-order valence-corrected chi connectivity index (χ3v) is 7.91. The number of benzene rings is 2. The maximum Gasteiger partial charge on any atom is 0.414 e. The van der Waals surface area contributed by atoms with Gasteiger partial charge in [0.15, 0.2) is 0 Å². The molecule has 2 amide bonds. The Bertz CT molecular complexity index is 2230. The number of anilines is 4. The Hall–Kier alpha value is -7.97. The van der Waals surface area contributed by atoms with Crippen LogP contribution in [0.25, 0.3) is 0 Å². The van der Waals surface area contributed by atoms with Gasteiger partial charge in [-0.15, -0.1) is 0 Å². The molecule has 2 aromatic heterocycles. The third kappa shape index (κ3) is 14.9. The van der Waals surface area contributed by atoms with Gasteiger partial charge in [0.2, 0.25) is 23.4 Å². The van der Waals surface area contributed by atoms with Gasteiger partial charge in [0.05, 0.1) is 36.1 Å². The number of ether oxygens (including phenoxy) is 6. The molecule has 1 aliphatic heterocycles. The highest BCUT2D eigenvalue weighted by Crippen LogP contribution is 2.38. The molecule has 0 saturated carbocycles. The maximum atomic E-state index is 12.7. The van der Waals surface area contributed by atoms with Gasteiger partial charge in [0.25, 0.3) is 0 Å². The molecule has 0 spiro atoms. The van der Waals surface area contributed by atoms with E-state index >= 15 is 0 Å². The highest BCUT2D eigenvalue weighted by atomic mass is 19.0. The fourth-order valence-corrected chi connectivity index (χ4v) is 5.42. The van der Waals surface area contributed by atoms with Gasteiger partial charge in [0.1, 0.15) is 49.3 Å². The van der Waals surface area contributed by atoms with Crippen molar-refractivity contribution in [3.05, 3.63) is 129 Å². The van der Waals surface area contributed by atoms with Crippen molar-refractivity contribution in [2.75, 3.05) is 60.9 Å². The van der Waals surface area contributed by atoms with Crippen LogP contribution >= 0.6 is 0 Å². The topological polar surface area (TPSA) is 260 Å². The Morgan fingerprint density at radius 2 is 1.49 bits per heavy atom. The summed E-state index contributed by atoms with van der Waals surface area (Å²) in [5, 5.41) is 23.3. The van der Waals surface area contributed by atoms with E-state index in [0.717, 1.165) is 9.80 Å². The largest absolute Gasteiger partial charge is 0.490 e. The highest BCUT2D eigenvalue weighted by molar-refractivity contribution is 5.93. The Labute approximate surface area is 364 Å². The molecular weight excluding hydrogens is 828 g/mol. The second kappa shape index (κ2) is 26.3. The van der Waals surface area contributed by atoms with Crippen LogP contribution in [0.1, 0.15) is 39.8 Å². The number of carbonyl (C=O) groups excluding carboxylic acids is 2. The number of amides is 2. The Morgan fingerprint density at radius 3 is 2.14 bits per heavy atom. The van der Waals surface area contributed by atoms with E-state index in [0.29, 0.717) is 35.8 Å². The van der Waals surface area contributed by atoms with E-state index in [9.17, 15) is 29.8 Å². The number of nitrogens with zero attached hydrogens (tertiary/aromatic N) is 6. The van der Waals surface area contributed by atoms with Crippen LogP contribution in [0.5, 0.6) is 23.3 Å². The third-order valence-electron chi connectivity index (χ3n) is 7.91. The molecule has 5 rings (SSSR count). The molecule has 4 bridgehead atoms. The summed E-state index contributed by atoms with van der Waals surface area (Å²) in [5.74, 6) is 0.464. The fraction of sp³-hybridized carbons (Fsp3) is 0.286. The van der Waals surface area contributed by atoms with E-state index in [4.69, 9.17) is 39.9 Å². The first-order chi connectivity index (χ1) is 28.9. The predicted molar refractivity (Wildman–Crippen MR) is 237 cm³/mol. The molecule has 4 aromatic rings. The van der Waals surface area contributed by atoms with Gasteiger partial charge in [-0.25, -0.2) is 9.59 Å². The lowest BCUT2D eigenvalue weighted by molar-refractivity contribution is -0.383. The second-order valence-electron chi connectivity index (χ2n) is 12.1. The molecule has 0 atom stereocenters. The summed E-state index contributed by atoms with van der Waals surface area (Å²) in [6, 6.07) is 16.6. The van der Waals surface area contributed by atoms with Crippen LogP contribution in [-0.4, -0.2) is 71.6 Å². The normalized spacial score (nSPS) is 11.7. The van der Waals surface area contributed by atoms with E-state index in [2.05, 4.69) is 23.1 Å². The lowest BCUT2D eigenvalue weighted by atomic mass is 10.2. The second-order valence-corrected chi connectivity index (χ2v) is 12.1. The van der Waals surface area contributed by atoms with E-state index < -0.39 is 33.4 Å². The van der Waals surface area contributed by atoms with Gasteiger partial charge in [-0.1, -0.05) is 64.4 Å². The number of pyridine rings is 2. The Morgan fingerprint density at radius 1 is 0.857 bits per heavy atom. The van der Waals surface area contributed by atoms with Crippen LogP contribution in [0, 0.1) is 20.2 Å². The first-order valence-electron chi connectivity index (χ1n) is 18.2. The van der Waals surface area contributed by atoms with Crippen molar-refractivity contribution >= 4 is 46.6 Å². The molecular formula is C42H53FN8O12. The van der Waals surface area contributed by atoms with E-state index in [-0.39, 0.29) is 93.8 Å². The summed E-state index contributed by atoms with van der Waals surface area (Å²) in [5.41, 5.74) is 11.8. The lowest BCUT2D eigenvalue weighted by Crippen LogP contribution is -2.32. The summed E-state index contributed by atoms with van der Waals surface area (Å²) in [6.07, 6.45) is 5.03. The van der Waals surface area contributed by atoms with Crippen molar-refractivity contribution in [1.82, 2.24) is 9.97 Å². The van der Waals surface area contributed by atoms with Crippen molar-refractivity contribution in [2.24, 2.45) is 0 Å². The number of hydrogen-bond acceptors (Lipinski definition) is 16. The zero-order valence-electron chi connectivity index (χ0n) is 33.3. The minimum atomic E-state index is -0.789. The Balaban J connectivity index is 0.000000602. The number of nitrogen functional groups attached to an aromatic ring is 2. The van der Waals surface area contributed by atoms with Gasteiger partial charge < -0.3 is 39.9 Å². The van der Waals surface area contributed by atoms with Crippen molar-refractivity contribution in [3.8, 4) is 23.3 Å². The van der Waals surface area contributed by atoms with Crippen molar-refractivity contribution in [1.29, 1.82) is 0 Å². The molecule has 0 aliphatic carbocycles. The molecule has 21 heteroatoms. The van der Waals surface area contributed by atoms with E-state index in [1.165, 1.54) is 18.2 Å². The molecule has 2 aromatic carbocycles. The minimum absolute atomic E-state index is 0. The Kier molecular flexibility index (Phi) is 22.1. The molecule has 20 nitrogen and oxygen atoms in total. The zero-order valence-corrected chi connectivity index (χ0v) is 33.3. The van der Waals surface area contributed by atoms with E-state index in [1.54, 1.807) is 80.6 Å². The van der Waals surface area contributed by atoms with Crippen LogP contribution in [-0.2, 0) is 22.6 Å². The molecule has 63 heavy (non-hydrogen) atoms. The molecule has 0 saturated heterocycles. The van der Waals surface area contributed by atoms with Crippen LogP contribution < -0.4 is 40.2 Å². The minimum Gasteiger partial charge on any atom is -0.490 e. The molecule has 4 N–H and O–H groups in total. The average Bonchev–Trinajstić information content (AvgIpc) is 3.21. The summed E-state index contributed by atoms with van der Waals surface area (Å²) in [4.78, 5) is 57.4. The van der Waals surface area contributed by atoms with Crippen LogP contribution in [0.2, 0.25) is 0 Å². The molecule has 340 valence electrons. The molecule has 0 unspecified atom stereocenters. The number of hydrogen-bond donors (Lipinski definition) is 2. The number of carbonyl (C=O) groups is 2. The highest BCUT2D eigenvalue weighted by Gasteiger charge is 2.32. The first kappa shape index (κ1) is 53.0. The number of halogens is 1. The van der Waals surface area contributed by atoms with Gasteiger partial charge in [-0.3, -0.25) is 34.7 Å². The van der Waals surface area contributed by atoms with Crippen molar-refractivity contribution in [2.45, 2.75) is 41.8 Å². The van der Waals surface area contributed by atoms with Gasteiger partial charge in [-0.2, -0.15) is 9.97 Å². The summed E-state index contributed by atoms with van der Waals surface area (Å²) < 4.78 is 32.3. The summed E-state index contributed by atoms with van der Waals surface area (Å²) in [7, 11) is 0. The maximum absolute atomic E-state index is 12.7. The molecule has 3 heterocycles. The average molecular weight is 881 g/mol. The molecule has 0 fully saturated rings. The monoisotopic (exact) mass is 880 g/mol. The van der Waals surface area contributed by atoms with Crippen LogP contribution in [0.4, 0.5) is 48.7 Å². The SMILES string of the molecule is C.C.C=CCOc1cccc(CN(C(=O)OCC)c2cc(OCC=C)nc(N)c2[N+](=O)[O-])c1.CCOC(=O)N1Cc2cccc(c2)OC/C=C/COc2cc1c([N+](=O)[O-])c(N)n2.F. The predicted octanol–water partition coefficient (Wildman–Crippen LogP) is 8.35. The van der Waals surface area contributed by atoms with Crippen molar-refractivity contribution < 1.29 is 52.6 Å². The number of nitro groups is 2. The summed E-state index contributed by atoms with van der Waals surface area (Å²) >= 11 is 0. The molecule has 0 radical (unpaired) electrons. The van der Waals surface area contributed by atoms with Gasteiger partial charge >= 0.3 is 23.6 Å². The fourth-order valence-electron chi connectivity index (χ4n) is 5.42. The lowest BCUT2D eigenvalue weighted by Gasteiger charge is -2.23. The quantitative estimate of drug-likeness (QED) is 0.0726. The number of aromatic nitrogens is 2.